The number of benzene rings is 2. The summed E-state index contributed by atoms with van der Waals surface area (Å²) in [6.07, 6.45) is -0.328. The molecule has 2 rings (SSSR count). The van der Waals surface area contributed by atoms with E-state index in [1.807, 2.05) is 20.8 Å². The smallest absolute Gasteiger partial charge is 0.326 e. The number of rotatable bonds is 9. The summed E-state index contributed by atoms with van der Waals surface area (Å²) in [4.78, 5) is 47.5. The number of carbonyl (C=O) groups is 3. The lowest BCUT2D eigenvalue weighted by atomic mass is 9.86. The number of nitro benzene ring substituents is 1. The zero-order valence-corrected chi connectivity index (χ0v) is 19.0. The Kier molecular flexibility index (Phi) is 8.28. The Morgan fingerprint density at radius 3 is 2.09 bits per heavy atom. The third kappa shape index (κ3) is 6.86. The molecule has 0 saturated heterocycles. The van der Waals surface area contributed by atoms with Crippen LogP contribution in [0.5, 0.6) is 0 Å². The molecule has 2 aromatic carbocycles. The average Bonchev–Trinajstić information content (AvgIpc) is 2.75. The third-order valence-corrected chi connectivity index (χ3v) is 5.19. The lowest BCUT2D eigenvalue weighted by Gasteiger charge is -2.25. The standard InChI is InChI=1S/C24H28N2O7/c1-5-33-20(27)14-19(15-8-12-18(13-9-15)26(31)32)21(23(29)30)25-22(28)16-6-10-17(11-7-16)24(2,3)4/h6-13,19,21H,5,14H2,1-4H3,(H,25,28)(H,29,30)/t19-,21-/m0/s1. The summed E-state index contributed by atoms with van der Waals surface area (Å²) < 4.78 is 4.97. The molecule has 0 radical (unpaired) electrons. The highest BCUT2D eigenvalue weighted by Crippen LogP contribution is 2.27. The van der Waals surface area contributed by atoms with Crippen molar-refractivity contribution in [2.45, 2.75) is 51.5 Å². The van der Waals surface area contributed by atoms with Gasteiger partial charge in [0.1, 0.15) is 6.04 Å². The quantitative estimate of drug-likeness (QED) is 0.333. The number of nitro groups is 1. The van der Waals surface area contributed by atoms with E-state index in [4.69, 9.17) is 4.74 Å². The van der Waals surface area contributed by atoms with Crippen LogP contribution in [-0.4, -0.2) is 40.5 Å². The van der Waals surface area contributed by atoms with Crippen molar-refractivity contribution in [3.8, 4) is 0 Å². The van der Waals surface area contributed by atoms with Gasteiger partial charge in [-0.2, -0.15) is 0 Å². The molecule has 0 spiro atoms. The van der Waals surface area contributed by atoms with Gasteiger partial charge in [0.05, 0.1) is 18.0 Å². The summed E-state index contributed by atoms with van der Waals surface area (Å²) in [7, 11) is 0. The van der Waals surface area contributed by atoms with Crippen LogP contribution >= 0.6 is 0 Å². The number of ether oxygens (including phenoxy) is 1. The number of esters is 1. The van der Waals surface area contributed by atoms with Crippen molar-refractivity contribution in [2.75, 3.05) is 6.61 Å². The number of carboxylic acids is 1. The molecule has 176 valence electrons. The second kappa shape index (κ2) is 10.7. The highest BCUT2D eigenvalue weighted by molar-refractivity contribution is 5.97. The van der Waals surface area contributed by atoms with Gasteiger partial charge >= 0.3 is 11.9 Å². The van der Waals surface area contributed by atoms with Gasteiger partial charge in [-0.25, -0.2) is 4.79 Å². The van der Waals surface area contributed by atoms with E-state index < -0.39 is 34.7 Å². The molecular formula is C24H28N2O7. The van der Waals surface area contributed by atoms with Crippen LogP contribution in [0.3, 0.4) is 0 Å². The largest absolute Gasteiger partial charge is 0.480 e. The molecule has 0 aliphatic rings. The first-order valence-corrected chi connectivity index (χ1v) is 10.5. The van der Waals surface area contributed by atoms with Gasteiger partial charge in [-0.05, 0) is 35.6 Å². The van der Waals surface area contributed by atoms with Crippen molar-refractivity contribution in [2.24, 2.45) is 0 Å². The van der Waals surface area contributed by atoms with Crippen molar-refractivity contribution < 1.29 is 29.2 Å². The third-order valence-electron chi connectivity index (χ3n) is 5.19. The number of hydrogen-bond donors (Lipinski definition) is 2. The SMILES string of the molecule is CCOC(=O)C[C@@H](c1ccc([N+](=O)[O-])cc1)[C@H](NC(=O)c1ccc(C(C)(C)C)cc1)C(=O)O. The fourth-order valence-electron chi connectivity index (χ4n) is 3.35. The molecule has 0 bridgehead atoms. The molecule has 33 heavy (non-hydrogen) atoms. The number of aliphatic carboxylic acids is 1. The molecule has 0 saturated carbocycles. The molecule has 0 aliphatic carbocycles. The minimum Gasteiger partial charge on any atom is -0.480 e. The number of carboxylic acid groups (broad SMARTS) is 1. The number of nitrogens with zero attached hydrogens (tertiary/aromatic N) is 1. The normalized spacial score (nSPS) is 13.0. The van der Waals surface area contributed by atoms with E-state index in [1.165, 1.54) is 24.3 Å². The van der Waals surface area contributed by atoms with E-state index in [1.54, 1.807) is 31.2 Å². The van der Waals surface area contributed by atoms with Crippen LogP contribution in [0.4, 0.5) is 5.69 Å². The number of carbonyl (C=O) groups excluding carboxylic acids is 2. The first-order valence-electron chi connectivity index (χ1n) is 10.5. The van der Waals surface area contributed by atoms with Crippen molar-refractivity contribution >= 4 is 23.5 Å². The van der Waals surface area contributed by atoms with Crippen molar-refractivity contribution in [3.63, 3.8) is 0 Å². The van der Waals surface area contributed by atoms with Crippen molar-refractivity contribution in [1.29, 1.82) is 0 Å². The van der Waals surface area contributed by atoms with Gasteiger partial charge in [-0.3, -0.25) is 19.7 Å². The lowest BCUT2D eigenvalue weighted by molar-refractivity contribution is -0.384. The van der Waals surface area contributed by atoms with E-state index in [2.05, 4.69) is 5.32 Å². The van der Waals surface area contributed by atoms with Gasteiger partial charge in [0.25, 0.3) is 11.6 Å². The van der Waals surface area contributed by atoms with E-state index in [9.17, 15) is 29.6 Å². The van der Waals surface area contributed by atoms with E-state index in [-0.39, 0.29) is 29.7 Å². The molecule has 0 fully saturated rings. The molecule has 0 unspecified atom stereocenters. The van der Waals surface area contributed by atoms with E-state index in [0.717, 1.165) is 5.56 Å². The number of hydrogen-bond acceptors (Lipinski definition) is 6. The van der Waals surface area contributed by atoms with Gasteiger partial charge in [0.15, 0.2) is 0 Å². The van der Waals surface area contributed by atoms with Gasteiger partial charge in [0.2, 0.25) is 0 Å². The highest BCUT2D eigenvalue weighted by atomic mass is 16.6. The maximum Gasteiger partial charge on any atom is 0.326 e. The molecule has 0 heterocycles. The molecule has 9 nitrogen and oxygen atoms in total. The van der Waals surface area contributed by atoms with Crippen LogP contribution in [0.25, 0.3) is 0 Å². The zero-order chi connectivity index (χ0) is 24.8. The Bertz CT molecular complexity index is 1010. The summed E-state index contributed by atoms with van der Waals surface area (Å²) in [6, 6.07) is 10.6. The van der Waals surface area contributed by atoms with E-state index in [0.29, 0.717) is 5.56 Å². The van der Waals surface area contributed by atoms with Gasteiger partial charge in [-0.15, -0.1) is 0 Å². The summed E-state index contributed by atoms with van der Waals surface area (Å²) in [5.41, 5.74) is 1.35. The predicted molar refractivity (Wildman–Crippen MR) is 121 cm³/mol. The average molecular weight is 456 g/mol. The monoisotopic (exact) mass is 456 g/mol. The van der Waals surface area contributed by atoms with Crippen LogP contribution in [-0.2, 0) is 19.7 Å². The van der Waals surface area contributed by atoms with Crippen molar-refractivity contribution in [1.82, 2.24) is 5.32 Å². The number of nitrogens with one attached hydrogen (secondary N) is 1. The highest BCUT2D eigenvalue weighted by Gasteiger charge is 2.34. The first-order chi connectivity index (χ1) is 15.4. The minimum absolute atomic E-state index is 0.107. The Balaban J connectivity index is 2.35. The topological polar surface area (TPSA) is 136 Å². The lowest BCUT2D eigenvalue weighted by Crippen LogP contribution is -2.45. The Labute approximate surface area is 191 Å². The Hall–Kier alpha value is -3.75. The molecule has 2 atom stereocenters. The summed E-state index contributed by atoms with van der Waals surface area (Å²) in [5, 5.41) is 23.3. The first kappa shape index (κ1) is 25.5. The Morgan fingerprint density at radius 1 is 1.06 bits per heavy atom. The molecule has 2 aromatic rings. The Morgan fingerprint density at radius 2 is 1.64 bits per heavy atom. The second-order valence-corrected chi connectivity index (χ2v) is 8.58. The maximum absolute atomic E-state index is 12.8. The second-order valence-electron chi connectivity index (χ2n) is 8.58. The molecule has 1 amide bonds. The van der Waals surface area contributed by atoms with Gasteiger partial charge < -0.3 is 15.2 Å². The van der Waals surface area contributed by atoms with Crippen LogP contribution in [0.15, 0.2) is 48.5 Å². The van der Waals surface area contributed by atoms with Crippen molar-refractivity contribution in [3.05, 3.63) is 75.3 Å². The predicted octanol–water partition coefficient (Wildman–Crippen LogP) is 3.81. The fraction of sp³-hybridized carbons (Fsp3) is 0.375. The minimum atomic E-state index is -1.47. The maximum atomic E-state index is 12.8. The molecule has 0 aromatic heterocycles. The van der Waals surface area contributed by atoms with Crippen LogP contribution in [0.2, 0.25) is 0 Å². The molecule has 2 N–H and O–H groups in total. The van der Waals surface area contributed by atoms with Crippen LogP contribution in [0.1, 0.15) is 61.5 Å². The van der Waals surface area contributed by atoms with Crippen LogP contribution < -0.4 is 5.32 Å². The van der Waals surface area contributed by atoms with Crippen LogP contribution in [0, 0.1) is 10.1 Å². The van der Waals surface area contributed by atoms with Gasteiger partial charge in [-0.1, -0.05) is 45.0 Å². The number of non-ortho nitro benzene ring substituents is 1. The summed E-state index contributed by atoms with van der Waals surface area (Å²) >= 11 is 0. The molecule has 9 heteroatoms. The summed E-state index contributed by atoms with van der Waals surface area (Å²) in [5.74, 6) is -3.60. The fourth-order valence-corrected chi connectivity index (χ4v) is 3.35. The molecular weight excluding hydrogens is 428 g/mol. The summed E-state index contributed by atoms with van der Waals surface area (Å²) in [6.45, 7) is 7.83. The van der Waals surface area contributed by atoms with E-state index >= 15 is 0 Å². The van der Waals surface area contributed by atoms with Gasteiger partial charge in [0, 0.05) is 23.6 Å². The zero-order valence-electron chi connectivity index (χ0n) is 19.0. The number of amides is 1. The molecule has 0 aliphatic heterocycles.